The first-order valence-electron chi connectivity index (χ1n) is 8.83. The van der Waals surface area contributed by atoms with Crippen LogP contribution in [0.5, 0.6) is 0 Å². The van der Waals surface area contributed by atoms with E-state index in [4.69, 9.17) is 13.9 Å². The number of nitrogens with one attached hydrogen (secondary N) is 3. The lowest BCUT2D eigenvalue weighted by atomic mass is 10.3. The number of rotatable bonds is 10. The number of nitrogens with zero attached hydrogens (tertiary/aromatic N) is 1. The number of guanidine groups is 1. The molecule has 1 fully saturated rings. The van der Waals surface area contributed by atoms with Gasteiger partial charge in [-0.05, 0) is 31.9 Å². The Kier molecular flexibility index (Phi) is 12.1. The zero-order valence-electron chi connectivity index (χ0n) is 15.2. The van der Waals surface area contributed by atoms with Crippen molar-refractivity contribution in [3.63, 3.8) is 0 Å². The molecule has 2 heterocycles. The molecular weight excluding hydrogens is 451 g/mol. The first-order chi connectivity index (χ1) is 12.3. The van der Waals surface area contributed by atoms with Crippen LogP contribution in [0.4, 0.5) is 0 Å². The van der Waals surface area contributed by atoms with Gasteiger partial charge in [-0.25, -0.2) is 0 Å². The van der Waals surface area contributed by atoms with Crippen molar-refractivity contribution < 1.29 is 18.7 Å². The Morgan fingerprint density at radius 3 is 2.88 bits per heavy atom. The van der Waals surface area contributed by atoms with Crippen LogP contribution in [0.3, 0.4) is 0 Å². The Bertz CT molecular complexity index is 519. The second-order valence-electron chi connectivity index (χ2n) is 5.63. The summed E-state index contributed by atoms with van der Waals surface area (Å²) in [4.78, 5) is 16.2. The second-order valence-corrected chi connectivity index (χ2v) is 5.63. The van der Waals surface area contributed by atoms with E-state index in [-0.39, 0.29) is 36.0 Å². The molecule has 9 heteroatoms. The number of aliphatic imine (C=N–C) groups is 1. The maximum absolute atomic E-state index is 11.7. The van der Waals surface area contributed by atoms with Crippen molar-refractivity contribution in [2.45, 2.75) is 25.9 Å². The van der Waals surface area contributed by atoms with Gasteiger partial charge in [-0.15, -0.1) is 24.0 Å². The minimum Gasteiger partial charge on any atom is -0.459 e. The van der Waals surface area contributed by atoms with Gasteiger partial charge in [0.25, 0.3) is 5.91 Å². The summed E-state index contributed by atoms with van der Waals surface area (Å²) in [6, 6.07) is 3.32. The van der Waals surface area contributed by atoms with Gasteiger partial charge >= 0.3 is 0 Å². The zero-order valence-corrected chi connectivity index (χ0v) is 17.5. The highest BCUT2D eigenvalue weighted by molar-refractivity contribution is 14.0. The lowest BCUT2D eigenvalue weighted by molar-refractivity contribution is 0.0424. The fraction of sp³-hybridized carbons (Fsp3) is 0.647. The molecule has 1 aromatic rings. The van der Waals surface area contributed by atoms with E-state index in [0.29, 0.717) is 38.6 Å². The van der Waals surface area contributed by atoms with E-state index in [1.165, 1.54) is 6.26 Å². The third kappa shape index (κ3) is 8.86. The van der Waals surface area contributed by atoms with Crippen LogP contribution >= 0.6 is 24.0 Å². The minimum absolute atomic E-state index is 0. The monoisotopic (exact) mass is 480 g/mol. The van der Waals surface area contributed by atoms with Crippen molar-refractivity contribution in [2.75, 3.05) is 46.0 Å². The average molecular weight is 480 g/mol. The van der Waals surface area contributed by atoms with Crippen molar-refractivity contribution in [1.29, 1.82) is 0 Å². The maximum atomic E-state index is 11.7. The molecule has 2 rings (SSSR count). The summed E-state index contributed by atoms with van der Waals surface area (Å²) in [5.41, 5.74) is 0. The molecule has 0 aromatic carbocycles. The number of hydrogen-bond donors (Lipinski definition) is 3. The third-order valence-electron chi connectivity index (χ3n) is 3.61. The molecule has 26 heavy (non-hydrogen) atoms. The topological polar surface area (TPSA) is 97.1 Å². The Balaban J connectivity index is 0.00000338. The number of furan rings is 1. The van der Waals surface area contributed by atoms with Crippen LogP contribution in [0.25, 0.3) is 0 Å². The van der Waals surface area contributed by atoms with Gasteiger partial charge in [-0.2, -0.15) is 0 Å². The number of hydrogen-bond acceptors (Lipinski definition) is 5. The molecule has 1 aliphatic rings. The Labute approximate surface area is 171 Å². The summed E-state index contributed by atoms with van der Waals surface area (Å²) < 4.78 is 16.0. The van der Waals surface area contributed by atoms with Crippen molar-refractivity contribution in [3.8, 4) is 0 Å². The highest BCUT2D eigenvalue weighted by Crippen LogP contribution is 2.08. The van der Waals surface area contributed by atoms with Gasteiger partial charge < -0.3 is 29.8 Å². The number of carbonyl (C=O) groups is 1. The second kappa shape index (κ2) is 13.8. The van der Waals surface area contributed by atoms with Crippen molar-refractivity contribution in [1.82, 2.24) is 16.0 Å². The predicted molar refractivity (Wildman–Crippen MR) is 110 cm³/mol. The van der Waals surface area contributed by atoms with E-state index in [1.54, 1.807) is 12.1 Å². The van der Waals surface area contributed by atoms with Gasteiger partial charge in [-0.1, -0.05) is 0 Å². The average Bonchev–Trinajstić information content (AvgIpc) is 3.31. The van der Waals surface area contributed by atoms with E-state index in [1.807, 2.05) is 6.92 Å². The van der Waals surface area contributed by atoms with Crippen molar-refractivity contribution >= 4 is 35.8 Å². The lowest BCUT2D eigenvalue weighted by Crippen LogP contribution is -2.41. The van der Waals surface area contributed by atoms with E-state index in [0.717, 1.165) is 32.0 Å². The van der Waals surface area contributed by atoms with Gasteiger partial charge in [0.2, 0.25) is 0 Å². The van der Waals surface area contributed by atoms with Crippen molar-refractivity contribution in [2.24, 2.45) is 4.99 Å². The summed E-state index contributed by atoms with van der Waals surface area (Å²) in [6.07, 6.45) is 3.57. The summed E-state index contributed by atoms with van der Waals surface area (Å²) in [6.45, 7) is 6.73. The molecule has 1 saturated heterocycles. The molecule has 3 N–H and O–H groups in total. The van der Waals surface area contributed by atoms with Crippen LogP contribution in [0, 0.1) is 0 Å². The molecule has 0 aliphatic carbocycles. The largest absolute Gasteiger partial charge is 0.459 e. The van der Waals surface area contributed by atoms with Gasteiger partial charge in [-0.3, -0.25) is 9.79 Å². The minimum atomic E-state index is -0.221. The number of ether oxygens (including phenoxy) is 2. The normalized spacial score (nSPS) is 16.8. The molecule has 0 bridgehead atoms. The summed E-state index contributed by atoms with van der Waals surface area (Å²) in [5, 5.41) is 9.14. The third-order valence-corrected chi connectivity index (χ3v) is 3.61. The zero-order chi connectivity index (χ0) is 17.7. The van der Waals surface area contributed by atoms with Gasteiger partial charge in [0, 0.05) is 39.4 Å². The molecule has 0 spiro atoms. The van der Waals surface area contributed by atoms with Crippen LogP contribution in [-0.4, -0.2) is 64.0 Å². The quantitative estimate of drug-likeness (QED) is 0.203. The Morgan fingerprint density at radius 1 is 1.35 bits per heavy atom. The standard InChI is InChI=1S/C17H28N4O4.HI/c1-2-18-17(20-7-4-11-24-14-6-12-23-13-14)21-9-8-19-16(22)15-5-3-10-25-15;/h3,5,10,14H,2,4,6-9,11-13H2,1H3,(H,19,22)(H2,18,20,21);1H. The first-order valence-corrected chi connectivity index (χ1v) is 8.83. The highest BCUT2D eigenvalue weighted by atomic mass is 127. The van der Waals surface area contributed by atoms with Crippen LogP contribution < -0.4 is 16.0 Å². The molecule has 0 saturated carbocycles. The summed E-state index contributed by atoms with van der Waals surface area (Å²) in [5.74, 6) is 0.828. The SMILES string of the molecule is CCNC(=NCCCOC1CCOC1)NCCNC(=O)c1ccco1.I. The first kappa shape index (κ1) is 22.7. The molecule has 1 atom stereocenters. The Hall–Kier alpha value is -1.33. The highest BCUT2D eigenvalue weighted by Gasteiger charge is 2.15. The molecule has 1 unspecified atom stereocenters. The van der Waals surface area contributed by atoms with Gasteiger partial charge in [0.15, 0.2) is 11.7 Å². The molecule has 148 valence electrons. The number of halogens is 1. The van der Waals surface area contributed by atoms with E-state index >= 15 is 0 Å². The molecule has 1 aromatic heterocycles. The van der Waals surface area contributed by atoms with Crippen LogP contribution in [0.1, 0.15) is 30.3 Å². The van der Waals surface area contributed by atoms with E-state index < -0.39 is 0 Å². The van der Waals surface area contributed by atoms with Crippen LogP contribution in [0.15, 0.2) is 27.8 Å². The van der Waals surface area contributed by atoms with Crippen LogP contribution in [-0.2, 0) is 9.47 Å². The fourth-order valence-corrected chi connectivity index (χ4v) is 2.34. The number of amides is 1. The smallest absolute Gasteiger partial charge is 0.287 e. The van der Waals surface area contributed by atoms with Gasteiger partial charge in [0.05, 0.1) is 19.0 Å². The molecule has 1 aliphatic heterocycles. The lowest BCUT2D eigenvalue weighted by Gasteiger charge is -2.12. The summed E-state index contributed by atoms with van der Waals surface area (Å²) >= 11 is 0. The molecular formula is C17H29IN4O4. The fourth-order valence-electron chi connectivity index (χ4n) is 2.34. The maximum Gasteiger partial charge on any atom is 0.287 e. The van der Waals surface area contributed by atoms with Gasteiger partial charge in [0.1, 0.15) is 0 Å². The Morgan fingerprint density at radius 2 is 2.19 bits per heavy atom. The van der Waals surface area contributed by atoms with E-state index in [9.17, 15) is 4.79 Å². The number of carbonyl (C=O) groups excluding carboxylic acids is 1. The predicted octanol–water partition coefficient (Wildman–Crippen LogP) is 1.38. The molecule has 1 amide bonds. The molecule has 0 radical (unpaired) electrons. The molecule has 8 nitrogen and oxygen atoms in total. The van der Waals surface area contributed by atoms with Crippen molar-refractivity contribution in [3.05, 3.63) is 24.2 Å². The summed E-state index contributed by atoms with van der Waals surface area (Å²) in [7, 11) is 0. The van der Waals surface area contributed by atoms with Crippen LogP contribution in [0.2, 0.25) is 0 Å². The van der Waals surface area contributed by atoms with E-state index in [2.05, 4.69) is 20.9 Å².